The van der Waals surface area contributed by atoms with Crippen LogP contribution in [-0.2, 0) is 49.4 Å². The summed E-state index contributed by atoms with van der Waals surface area (Å²) in [7, 11) is 0. The molecule has 2 aliphatic carbocycles. The molecule has 4 aliphatic rings. The molecule has 4 fully saturated rings. The minimum Gasteiger partial charge on any atom is -0.381 e. The smallest absolute Gasteiger partial charge is 0.160 e. The topological polar surface area (TPSA) is 46.2 Å². The van der Waals surface area contributed by atoms with E-state index in [2.05, 4.69) is 25.3 Å². The van der Waals surface area contributed by atoms with E-state index in [1.54, 1.807) is 12.1 Å². The Labute approximate surface area is 305 Å². The molecular formula is C44H60F2O5. The highest BCUT2D eigenvalue weighted by molar-refractivity contribution is 5.26. The Morgan fingerprint density at radius 1 is 0.569 bits per heavy atom. The number of hydrogen-bond acceptors (Lipinski definition) is 5. The van der Waals surface area contributed by atoms with Crippen molar-refractivity contribution in [2.45, 2.75) is 102 Å². The number of aryl methyl sites for hydroxylation is 2. The van der Waals surface area contributed by atoms with Crippen molar-refractivity contribution in [1.29, 1.82) is 0 Å². The molecular weight excluding hydrogens is 646 g/mol. The standard InChI is InChI=1S/C44H60F2O5/c1-3-31-27-48-43(49-28-31)39-17-9-33(10-18-39)5-7-35-13-15-37(41(45)25-35)21-23-47-24-22-38-16-14-36(26-42(38)46)8-6-34-11-19-40(20-12-34)44-50-29-32(4-2)30-51-44/h3-4,13-16,25-26,31-34,39-40,43-44H,1-2,5-12,17-24,27-30H2. The Hall–Kier alpha value is -2.42. The van der Waals surface area contributed by atoms with Crippen molar-refractivity contribution in [3.63, 3.8) is 0 Å². The van der Waals surface area contributed by atoms with E-state index < -0.39 is 0 Å². The van der Waals surface area contributed by atoms with Crippen LogP contribution in [-0.4, -0.2) is 52.2 Å². The average molecular weight is 707 g/mol. The molecule has 0 spiro atoms. The molecule has 6 rings (SSSR count). The summed E-state index contributed by atoms with van der Waals surface area (Å²) in [5.41, 5.74) is 3.46. The van der Waals surface area contributed by atoms with E-state index in [1.165, 1.54) is 25.7 Å². The monoisotopic (exact) mass is 706 g/mol. The first-order chi connectivity index (χ1) is 25.0. The van der Waals surface area contributed by atoms with Gasteiger partial charge in [0.1, 0.15) is 11.6 Å². The van der Waals surface area contributed by atoms with Gasteiger partial charge in [0.2, 0.25) is 0 Å². The third-order valence-electron chi connectivity index (χ3n) is 12.1. The van der Waals surface area contributed by atoms with Gasteiger partial charge in [-0.05, 0) is 136 Å². The molecule has 0 unspecified atom stereocenters. The van der Waals surface area contributed by atoms with Crippen molar-refractivity contribution in [3.05, 3.63) is 95.6 Å². The molecule has 0 N–H and O–H groups in total. The van der Waals surface area contributed by atoms with Crippen LogP contribution in [0, 0.1) is 47.1 Å². The molecule has 0 amide bonds. The lowest BCUT2D eigenvalue weighted by Crippen LogP contribution is -2.38. The van der Waals surface area contributed by atoms with Crippen LogP contribution in [0.1, 0.15) is 86.5 Å². The van der Waals surface area contributed by atoms with Gasteiger partial charge in [0.15, 0.2) is 12.6 Å². The molecule has 0 atom stereocenters. The van der Waals surface area contributed by atoms with Gasteiger partial charge in [-0.2, -0.15) is 0 Å². The van der Waals surface area contributed by atoms with Crippen molar-refractivity contribution in [3.8, 4) is 0 Å². The van der Waals surface area contributed by atoms with Crippen LogP contribution in [0.4, 0.5) is 8.78 Å². The Balaban J connectivity index is 0.823. The van der Waals surface area contributed by atoms with Crippen molar-refractivity contribution < 1.29 is 32.5 Å². The molecule has 5 nitrogen and oxygen atoms in total. The van der Waals surface area contributed by atoms with Crippen molar-refractivity contribution in [2.24, 2.45) is 35.5 Å². The fourth-order valence-electron chi connectivity index (χ4n) is 8.49. The van der Waals surface area contributed by atoms with Gasteiger partial charge >= 0.3 is 0 Å². The lowest BCUT2D eigenvalue weighted by Gasteiger charge is -2.37. The molecule has 0 aromatic heterocycles. The number of ether oxygens (including phenoxy) is 5. The van der Waals surface area contributed by atoms with Crippen LogP contribution < -0.4 is 0 Å². The largest absolute Gasteiger partial charge is 0.381 e. The zero-order valence-electron chi connectivity index (χ0n) is 30.6. The Bertz CT molecular complexity index is 1260. The maximum atomic E-state index is 14.9. The maximum absolute atomic E-state index is 14.9. The third kappa shape index (κ3) is 11.3. The van der Waals surface area contributed by atoms with Gasteiger partial charge in [0.05, 0.1) is 39.6 Å². The minimum atomic E-state index is -0.159. The lowest BCUT2D eigenvalue weighted by atomic mass is 9.79. The van der Waals surface area contributed by atoms with Gasteiger partial charge in [-0.1, -0.05) is 36.4 Å². The van der Waals surface area contributed by atoms with Crippen LogP contribution in [0.2, 0.25) is 0 Å². The van der Waals surface area contributed by atoms with E-state index in [0.717, 1.165) is 62.5 Å². The normalized spacial score (nSPS) is 30.2. The van der Waals surface area contributed by atoms with Crippen molar-refractivity contribution >= 4 is 0 Å². The quantitative estimate of drug-likeness (QED) is 0.129. The van der Waals surface area contributed by atoms with E-state index >= 15 is 0 Å². The first-order valence-electron chi connectivity index (χ1n) is 19.8. The number of benzene rings is 2. The molecule has 2 aromatic rings. The predicted octanol–water partition coefficient (Wildman–Crippen LogP) is 9.59. The SMILES string of the molecule is C=CC1COC(C2CCC(CCc3ccc(CCOCCc4ccc(CCC5CCC(C6OCC(C=C)CO6)CC5)cc4F)c(F)c3)CC2)OC1. The van der Waals surface area contributed by atoms with Gasteiger partial charge in [-0.3, -0.25) is 0 Å². The molecule has 2 saturated carbocycles. The van der Waals surface area contributed by atoms with Crippen LogP contribution in [0.5, 0.6) is 0 Å². The minimum absolute atomic E-state index is 0.0673. The Morgan fingerprint density at radius 3 is 1.31 bits per heavy atom. The van der Waals surface area contributed by atoms with E-state index in [0.29, 0.717) is 99.1 Å². The second-order valence-corrected chi connectivity index (χ2v) is 15.7. The molecule has 2 aliphatic heterocycles. The van der Waals surface area contributed by atoms with Crippen LogP contribution >= 0.6 is 0 Å². The summed E-state index contributed by atoms with van der Waals surface area (Å²) in [6, 6.07) is 11.3. The summed E-state index contributed by atoms with van der Waals surface area (Å²) in [5.74, 6) is 2.59. The van der Waals surface area contributed by atoms with Gasteiger partial charge in [0.25, 0.3) is 0 Å². The molecule has 280 valence electrons. The average Bonchev–Trinajstić information content (AvgIpc) is 3.18. The highest BCUT2D eigenvalue weighted by Gasteiger charge is 2.33. The molecule has 2 aromatic carbocycles. The molecule has 2 heterocycles. The molecule has 0 radical (unpaired) electrons. The van der Waals surface area contributed by atoms with Crippen LogP contribution in [0.15, 0.2) is 61.7 Å². The summed E-state index contributed by atoms with van der Waals surface area (Å²) < 4.78 is 59.5. The number of rotatable bonds is 16. The zero-order valence-corrected chi connectivity index (χ0v) is 30.6. The van der Waals surface area contributed by atoms with Crippen molar-refractivity contribution in [1.82, 2.24) is 0 Å². The van der Waals surface area contributed by atoms with E-state index in [1.807, 2.05) is 24.3 Å². The molecule has 7 heteroatoms. The summed E-state index contributed by atoms with van der Waals surface area (Å²) in [4.78, 5) is 0. The lowest BCUT2D eigenvalue weighted by molar-refractivity contribution is -0.223. The second-order valence-electron chi connectivity index (χ2n) is 15.7. The highest BCUT2D eigenvalue weighted by Crippen LogP contribution is 2.37. The third-order valence-corrected chi connectivity index (χ3v) is 12.1. The maximum Gasteiger partial charge on any atom is 0.160 e. The van der Waals surface area contributed by atoms with Gasteiger partial charge in [-0.15, -0.1) is 13.2 Å². The fourth-order valence-corrected chi connectivity index (χ4v) is 8.49. The Kier molecular flexibility index (Phi) is 14.7. The van der Waals surface area contributed by atoms with Gasteiger partial charge in [-0.25, -0.2) is 8.78 Å². The van der Waals surface area contributed by atoms with Crippen LogP contribution in [0.3, 0.4) is 0 Å². The number of halogens is 2. The first-order valence-corrected chi connectivity index (χ1v) is 19.8. The van der Waals surface area contributed by atoms with E-state index in [9.17, 15) is 8.78 Å². The first kappa shape index (κ1) is 38.3. The van der Waals surface area contributed by atoms with E-state index in [4.69, 9.17) is 23.7 Å². The second kappa shape index (κ2) is 19.6. The Morgan fingerprint density at radius 2 is 0.961 bits per heavy atom. The summed E-state index contributed by atoms with van der Waals surface area (Å²) >= 11 is 0. The summed E-state index contributed by atoms with van der Waals surface area (Å²) in [6.45, 7) is 11.4. The summed E-state index contributed by atoms with van der Waals surface area (Å²) in [5, 5.41) is 0. The van der Waals surface area contributed by atoms with Gasteiger partial charge in [0, 0.05) is 23.7 Å². The van der Waals surface area contributed by atoms with Gasteiger partial charge < -0.3 is 23.7 Å². The van der Waals surface area contributed by atoms with Crippen molar-refractivity contribution in [2.75, 3.05) is 39.6 Å². The fraction of sp³-hybridized carbons (Fsp3) is 0.636. The molecule has 51 heavy (non-hydrogen) atoms. The van der Waals surface area contributed by atoms with Crippen LogP contribution in [0.25, 0.3) is 0 Å². The number of hydrogen-bond donors (Lipinski definition) is 0. The zero-order chi connectivity index (χ0) is 35.4. The molecule has 0 bridgehead atoms. The van der Waals surface area contributed by atoms with E-state index in [-0.39, 0.29) is 24.2 Å². The highest BCUT2D eigenvalue weighted by atomic mass is 19.1. The predicted molar refractivity (Wildman–Crippen MR) is 197 cm³/mol. The summed E-state index contributed by atoms with van der Waals surface area (Å²) in [6.07, 6.45) is 17.9. The molecule has 2 saturated heterocycles.